The third-order valence-electron chi connectivity index (χ3n) is 3.59. The second-order valence-corrected chi connectivity index (χ2v) is 5.86. The minimum absolute atomic E-state index is 0.119. The molecule has 0 saturated carbocycles. The van der Waals surface area contributed by atoms with Crippen LogP contribution in [0.5, 0.6) is 5.88 Å². The number of carbonyl (C=O) groups excluding carboxylic acids is 2. The van der Waals surface area contributed by atoms with Gasteiger partial charge in [-0.2, -0.15) is 0 Å². The van der Waals surface area contributed by atoms with Crippen molar-refractivity contribution in [2.45, 2.75) is 0 Å². The molecular formula is C19H15ClN4O3. The lowest BCUT2D eigenvalue weighted by Crippen LogP contribution is -2.29. The summed E-state index contributed by atoms with van der Waals surface area (Å²) in [4.78, 5) is 33.5. The number of rotatable bonds is 4. The summed E-state index contributed by atoms with van der Waals surface area (Å²) in [6, 6.07) is 15.3. The van der Waals surface area contributed by atoms with Crippen LogP contribution in [0.1, 0.15) is 10.4 Å². The SMILES string of the molecule is CN(C(=O)Oc1ccc(NC(=O)c2ccc(Cl)nc2)cn1)c1ccccc1. The lowest BCUT2D eigenvalue weighted by molar-refractivity contribution is 0.102. The molecule has 0 fully saturated rings. The molecule has 3 aromatic rings. The number of para-hydroxylation sites is 1. The molecule has 0 atom stereocenters. The summed E-state index contributed by atoms with van der Waals surface area (Å²) in [7, 11) is 1.60. The van der Waals surface area contributed by atoms with Crippen molar-refractivity contribution < 1.29 is 14.3 Å². The summed E-state index contributed by atoms with van der Waals surface area (Å²) in [5.41, 5.74) is 1.51. The van der Waals surface area contributed by atoms with Gasteiger partial charge in [0.25, 0.3) is 5.91 Å². The number of benzene rings is 1. The normalized spacial score (nSPS) is 10.1. The average molecular weight is 383 g/mol. The molecule has 0 aliphatic heterocycles. The highest BCUT2D eigenvalue weighted by Crippen LogP contribution is 2.16. The van der Waals surface area contributed by atoms with Crippen molar-refractivity contribution in [3.05, 3.63) is 77.7 Å². The molecule has 0 radical (unpaired) electrons. The van der Waals surface area contributed by atoms with Gasteiger partial charge < -0.3 is 10.1 Å². The van der Waals surface area contributed by atoms with Gasteiger partial charge in [-0.3, -0.25) is 9.69 Å². The maximum atomic E-state index is 12.2. The molecule has 27 heavy (non-hydrogen) atoms. The minimum Gasteiger partial charge on any atom is -0.391 e. The monoisotopic (exact) mass is 382 g/mol. The number of carbonyl (C=O) groups is 2. The van der Waals surface area contributed by atoms with Gasteiger partial charge >= 0.3 is 6.09 Å². The number of nitrogens with one attached hydrogen (secondary N) is 1. The highest BCUT2D eigenvalue weighted by Gasteiger charge is 2.14. The maximum Gasteiger partial charge on any atom is 0.420 e. The molecular weight excluding hydrogens is 368 g/mol. The van der Waals surface area contributed by atoms with Crippen LogP contribution in [0.2, 0.25) is 5.15 Å². The molecule has 1 N–H and O–H groups in total. The minimum atomic E-state index is -0.572. The van der Waals surface area contributed by atoms with Gasteiger partial charge in [-0.15, -0.1) is 0 Å². The molecule has 0 unspecified atom stereocenters. The Balaban J connectivity index is 1.60. The Morgan fingerprint density at radius 2 is 1.78 bits per heavy atom. The van der Waals surface area contributed by atoms with Gasteiger partial charge in [-0.05, 0) is 30.3 Å². The number of aromatic nitrogens is 2. The zero-order valence-corrected chi connectivity index (χ0v) is 15.1. The zero-order chi connectivity index (χ0) is 19.2. The summed E-state index contributed by atoms with van der Waals surface area (Å²) < 4.78 is 5.23. The molecule has 0 spiro atoms. The topological polar surface area (TPSA) is 84.4 Å². The lowest BCUT2D eigenvalue weighted by atomic mass is 10.2. The van der Waals surface area contributed by atoms with Gasteiger partial charge in [0, 0.05) is 25.0 Å². The number of hydrogen-bond donors (Lipinski definition) is 1. The zero-order valence-electron chi connectivity index (χ0n) is 14.3. The van der Waals surface area contributed by atoms with Crippen molar-refractivity contribution in [3.8, 4) is 5.88 Å². The van der Waals surface area contributed by atoms with Crippen LogP contribution in [0.3, 0.4) is 0 Å². The van der Waals surface area contributed by atoms with Crippen LogP contribution in [-0.4, -0.2) is 29.0 Å². The van der Waals surface area contributed by atoms with E-state index in [1.54, 1.807) is 31.3 Å². The van der Waals surface area contributed by atoms with Crippen LogP contribution < -0.4 is 15.0 Å². The highest BCUT2D eigenvalue weighted by atomic mass is 35.5. The first-order chi connectivity index (χ1) is 13.0. The third kappa shape index (κ3) is 4.80. The number of amides is 2. The third-order valence-corrected chi connectivity index (χ3v) is 3.82. The molecule has 0 saturated heterocycles. The fourth-order valence-electron chi connectivity index (χ4n) is 2.14. The quantitative estimate of drug-likeness (QED) is 0.689. The van der Waals surface area contributed by atoms with Crippen molar-refractivity contribution in [2.24, 2.45) is 0 Å². The molecule has 1 aromatic carbocycles. The lowest BCUT2D eigenvalue weighted by Gasteiger charge is -2.16. The van der Waals surface area contributed by atoms with Gasteiger partial charge in [0.05, 0.1) is 17.4 Å². The van der Waals surface area contributed by atoms with E-state index >= 15 is 0 Å². The largest absolute Gasteiger partial charge is 0.420 e. The van der Waals surface area contributed by atoms with Crippen molar-refractivity contribution >= 4 is 35.0 Å². The Morgan fingerprint density at radius 3 is 2.41 bits per heavy atom. The number of ether oxygens (including phenoxy) is 1. The Bertz CT molecular complexity index is 931. The molecule has 136 valence electrons. The van der Waals surface area contributed by atoms with Crippen LogP contribution >= 0.6 is 11.6 Å². The van der Waals surface area contributed by atoms with Crippen LogP contribution in [0.4, 0.5) is 16.2 Å². The molecule has 2 aromatic heterocycles. The van der Waals surface area contributed by atoms with Crippen LogP contribution in [0, 0.1) is 0 Å². The Labute approximate surface area is 160 Å². The Hall–Kier alpha value is -3.45. The highest BCUT2D eigenvalue weighted by molar-refractivity contribution is 6.29. The molecule has 3 rings (SSSR count). The predicted octanol–water partition coefficient (Wildman–Crippen LogP) is 4.02. The van der Waals surface area contributed by atoms with E-state index in [2.05, 4.69) is 15.3 Å². The van der Waals surface area contributed by atoms with E-state index in [0.717, 1.165) is 0 Å². The summed E-state index contributed by atoms with van der Waals surface area (Å²) in [6.45, 7) is 0. The van der Waals surface area contributed by atoms with E-state index in [1.807, 2.05) is 18.2 Å². The Morgan fingerprint density at radius 1 is 1.00 bits per heavy atom. The van der Waals surface area contributed by atoms with E-state index in [9.17, 15) is 9.59 Å². The summed E-state index contributed by atoms with van der Waals surface area (Å²) in [5.74, 6) is -0.233. The number of anilines is 2. The van der Waals surface area contributed by atoms with Crippen LogP contribution in [0.25, 0.3) is 0 Å². The molecule has 2 heterocycles. The van der Waals surface area contributed by atoms with Gasteiger partial charge in [0.1, 0.15) is 5.15 Å². The van der Waals surface area contributed by atoms with E-state index in [4.69, 9.17) is 16.3 Å². The fraction of sp³-hybridized carbons (Fsp3) is 0.0526. The molecule has 2 amide bonds. The number of pyridine rings is 2. The Kier molecular flexibility index (Phi) is 5.63. The van der Waals surface area contributed by atoms with Crippen molar-refractivity contribution in [2.75, 3.05) is 17.3 Å². The molecule has 8 heteroatoms. The van der Waals surface area contributed by atoms with Crippen molar-refractivity contribution in [1.29, 1.82) is 0 Å². The number of hydrogen-bond acceptors (Lipinski definition) is 5. The van der Waals surface area contributed by atoms with Crippen molar-refractivity contribution in [1.82, 2.24) is 9.97 Å². The van der Waals surface area contributed by atoms with Crippen LogP contribution in [0.15, 0.2) is 67.0 Å². The summed E-state index contributed by atoms with van der Waals surface area (Å²) >= 11 is 5.70. The van der Waals surface area contributed by atoms with E-state index in [1.165, 1.54) is 29.4 Å². The average Bonchev–Trinajstić information content (AvgIpc) is 2.70. The van der Waals surface area contributed by atoms with Gasteiger partial charge in [-0.1, -0.05) is 29.8 Å². The molecule has 0 bridgehead atoms. The molecule has 0 aliphatic rings. The molecule has 7 nitrogen and oxygen atoms in total. The van der Waals surface area contributed by atoms with Gasteiger partial charge in [0.2, 0.25) is 5.88 Å². The number of nitrogens with zero attached hydrogens (tertiary/aromatic N) is 3. The van der Waals surface area contributed by atoms with Crippen LogP contribution in [-0.2, 0) is 0 Å². The summed E-state index contributed by atoms with van der Waals surface area (Å²) in [6.07, 6.45) is 2.20. The van der Waals surface area contributed by atoms with E-state index in [0.29, 0.717) is 22.1 Å². The fourth-order valence-corrected chi connectivity index (χ4v) is 2.25. The number of halogens is 1. The first kappa shape index (κ1) is 18.3. The first-order valence-electron chi connectivity index (χ1n) is 7.92. The summed E-state index contributed by atoms with van der Waals surface area (Å²) in [5, 5.41) is 2.98. The van der Waals surface area contributed by atoms with Gasteiger partial charge in [0.15, 0.2) is 0 Å². The first-order valence-corrected chi connectivity index (χ1v) is 8.30. The predicted molar refractivity (Wildman–Crippen MR) is 102 cm³/mol. The second kappa shape index (κ2) is 8.29. The maximum absolute atomic E-state index is 12.2. The van der Waals surface area contributed by atoms with E-state index in [-0.39, 0.29) is 11.8 Å². The standard InChI is InChI=1S/C19H15ClN4O3/c1-24(15-5-3-2-4-6-15)19(26)27-17-10-8-14(12-22-17)23-18(25)13-7-9-16(20)21-11-13/h2-12H,1H3,(H,23,25). The van der Waals surface area contributed by atoms with Gasteiger partial charge in [-0.25, -0.2) is 14.8 Å². The smallest absolute Gasteiger partial charge is 0.391 e. The molecule has 0 aliphatic carbocycles. The van der Waals surface area contributed by atoms with E-state index < -0.39 is 6.09 Å². The second-order valence-electron chi connectivity index (χ2n) is 5.47. The van der Waals surface area contributed by atoms with Crippen molar-refractivity contribution in [3.63, 3.8) is 0 Å².